The Kier molecular flexibility index (Phi) is 5.36. The summed E-state index contributed by atoms with van der Waals surface area (Å²) >= 11 is 0. The van der Waals surface area contributed by atoms with Gasteiger partial charge in [0.05, 0.1) is 24.4 Å². The molecule has 0 unspecified atom stereocenters. The number of alkyl halides is 6. The summed E-state index contributed by atoms with van der Waals surface area (Å²) < 4.78 is 87.2. The molecule has 0 fully saturated rings. The summed E-state index contributed by atoms with van der Waals surface area (Å²) in [6.45, 7) is 0. The monoisotopic (exact) mass is 414 g/mol. The molecular formula is C19H12F6N2O2. The molecule has 29 heavy (non-hydrogen) atoms. The van der Waals surface area contributed by atoms with E-state index in [1.807, 2.05) is 0 Å². The van der Waals surface area contributed by atoms with Gasteiger partial charge >= 0.3 is 12.4 Å². The Balaban J connectivity index is 1.94. The van der Waals surface area contributed by atoms with Crippen molar-refractivity contribution >= 4 is 0 Å². The van der Waals surface area contributed by atoms with Crippen molar-refractivity contribution in [3.8, 4) is 28.8 Å². The highest BCUT2D eigenvalue weighted by Gasteiger charge is 2.31. The quantitative estimate of drug-likeness (QED) is 0.493. The van der Waals surface area contributed by atoms with E-state index in [-0.39, 0.29) is 28.8 Å². The Hall–Kier alpha value is -3.30. The second kappa shape index (κ2) is 7.61. The maximum Gasteiger partial charge on any atom is 0.416 e. The summed E-state index contributed by atoms with van der Waals surface area (Å²) in [5.74, 6) is -0.272. The Labute approximate surface area is 160 Å². The van der Waals surface area contributed by atoms with E-state index in [4.69, 9.17) is 9.47 Å². The number of hydrogen-bond donors (Lipinski definition) is 0. The minimum absolute atomic E-state index is 0.0153. The van der Waals surface area contributed by atoms with Gasteiger partial charge in [-0.25, -0.2) is 4.98 Å². The molecule has 10 heteroatoms. The molecule has 0 N–H and O–H groups in total. The van der Waals surface area contributed by atoms with Crippen LogP contribution in [0.2, 0.25) is 0 Å². The summed E-state index contributed by atoms with van der Waals surface area (Å²) in [4.78, 5) is 8.07. The number of nitrogens with zero attached hydrogens (tertiary/aromatic N) is 2. The van der Waals surface area contributed by atoms with Crippen molar-refractivity contribution in [2.75, 3.05) is 7.11 Å². The Morgan fingerprint density at radius 3 is 2.07 bits per heavy atom. The first-order valence-electron chi connectivity index (χ1n) is 8.01. The van der Waals surface area contributed by atoms with Crippen LogP contribution in [0, 0.1) is 0 Å². The fraction of sp³-hybridized carbons (Fsp3) is 0.158. The van der Waals surface area contributed by atoms with Gasteiger partial charge in [0.25, 0.3) is 5.88 Å². The molecule has 0 saturated heterocycles. The number of aromatic nitrogens is 2. The van der Waals surface area contributed by atoms with E-state index < -0.39 is 23.5 Å². The van der Waals surface area contributed by atoms with Gasteiger partial charge in [-0.3, -0.25) is 0 Å². The number of hydrogen-bond acceptors (Lipinski definition) is 4. The zero-order valence-corrected chi connectivity index (χ0v) is 14.7. The van der Waals surface area contributed by atoms with Crippen LogP contribution in [-0.2, 0) is 12.4 Å². The van der Waals surface area contributed by atoms with Crippen LogP contribution >= 0.6 is 0 Å². The van der Waals surface area contributed by atoms with Crippen LogP contribution in [-0.4, -0.2) is 17.1 Å². The lowest BCUT2D eigenvalue weighted by molar-refractivity contribution is -0.138. The Morgan fingerprint density at radius 1 is 0.828 bits per heavy atom. The van der Waals surface area contributed by atoms with Crippen molar-refractivity contribution in [2.24, 2.45) is 0 Å². The summed E-state index contributed by atoms with van der Waals surface area (Å²) in [6, 6.07) is 8.25. The lowest BCUT2D eigenvalue weighted by Gasteiger charge is -2.12. The first-order chi connectivity index (χ1) is 13.6. The molecule has 2 aromatic carbocycles. The molecule has 152 valence electrons. The largest absolute Gasteiger partial charge is 0.490 e. The van der Waals surface area contributed by atoms with Crippen LogP contribution in [0.15, 0.2) is 54.7 Å². The van der Waals surface area contributed by atoms with Gasteiger partial charge in [0.15, 0.2) is 11.6 Å². The van der Waals surface area contributed by atoms with Crippen LogP contribution in [0.5, 0.6) is 17.4 Å². The number of rotatable bonds is 4. The highest BCUT2D eigenvalue weighted by molar-refractivity contribution is 5.57. The van der Waals surface area contributed by atoms with Crippen LogP contribution in [0.4, 0.5) is 26.3 Å². The van der Waals surface area contributed by atoms with Gasteiger partial charge in [0.1, 0.15) is 5.75 Å². The van der Waals surface area contributed by atoms with Crippen LogP contribution < -0.4 is 9.47 Å². The summed E-state index contributed by atoms with van der Waals surface area (Å²) in [7, 11) is 1.29. The smallest absolute Gasteiger partial charge is 0.416 e. The minimum Gasteiger partial charge on any atom is -0.490 e. The predicted molar refractivity (Wildman–Crippen MR) is 90.5 cm³/mol. The average Bonchev–Trinajstić information content (AvgIpc) is 2.67. The van der Waals surface area contributed by atoms with E-state index in [1.165, 1.54) is 37.6 Å². The van der Waals surface area contributed by atoms with Crippen molar-refractivity contribution in [3.63, 3.8) is 0 Å². The van der Waals surface area contributed by atoms with Crippen molar-refractivity contribution in [1.82, 2.24) is 9.97 Å². The molecule has 0 atom stereocenters. The maximum absolute atomic E-state index is 12.9. The minimum atomic E-state index is -4.56. The lowest BCUT2D eigenvalue weighted by Crippen LogP contribution is -2.05. The normalized spacial score (nSPS) is 12.0. The topological polar surface area (TPSA) is 44.2 Å². The van der Waals surface area contributed by atoms with Crippen LogP contribution in [0.3, 0.4) is 0 Å². The molecular weight excluding hydrogens is 402 g/mol. The fourth-order valence-corrected chi connectivity index (χ4v) is 2.36. The molecule has 0 saturated carbocycles. The second-order valence-corrected chi connectivity index (χ2v) is 5.77. The maximum atomic E-state index is 12.9. The van der Waals surface area contributed by atoms with E-state index in [9.17, 15) is 26.3 Å². The number of methoxy groups -OCH3 is 1. The molecule has 0 aliphatic rings. The van der Waals surface area contributed by atoms with Gasteiger partial charge in [0, 0.05) is 5.56 Å². The first kappa shape index (κ1) is 20.4. The van der Waals surface area contributed by atoms with E-state index in [1.54, 1.807) is 0 Å². The first-order valence-corrected chi connectivity index (χ1v) is 8.01. The van der Waals surface area contributed by atoms with E-state index >= 15 is 0 Å². The fourth-order valence-electron chi connectivity index (χ4n) is 2.36. The molecule has 0 spiro atoms. The van der Waals surface area contributed by atoms with Crippen molar-refractivity contribution in [2.45, 2.75) is 12.4 Å². The third-order valence-electron chi connectivity index (χ3n) is 3.79. The zero-order chi connectivity index (χ0) is 21.2. The van der Waals surface area contributed by atoms with Crippen molar-refractivity contribution < 1.29 is 35.8 Å². The van der Waals surface area contributed by atoms with Gasteiger partial charge in [-0.1, -0.05) is 18.2 Å². The molecule has 3 aromatic rings. The van der Waals surface area contributed by atoms with Crippen LogP contribution in [0.25, 0.3) is 11.4 Å². The number of halogens is 6. The van der Waals surface area contributed by atoms with E-state index in [0.717, 1.165) is 24.3 Å². The average molecular weight is 414 g/mol. The van der Waals surface area contributed by atoms with Gasteiger partial charge in [-0.15, -0.1) is 0 Å². The predicted octanol–water partition coefficient (Wildman–Crippen LogP) is 5.98. The Morgan fingerprint density at radius 2 is 1.48 bits per heavy atom. The lowest BCUT2D eigenvalue weighted by atomic mass is 10.1. The van der Waals surface area contributed by atoms with Gasteiger partial charge < -0.3 is 9.47 Å². The van der Waals surface area contributed by atoms with E-state index in [0.29, 0.717) is 0 Å². The third-order valence-corrected chi connectivity index (χ3v) is 3.79. The molecule has 4 nitrogen and oxygen atoms in total. The van der Waals surface area contributed by atoms with Crippen molar-refractivity contribution in [1.29, 1.82) is 0 Å². The van der Waals surface area contributed by atoms with Gasteiger partial charge in [0.2, 0.25) is 0 Å². The SMILES string of the molecule is COc1cnc(-c2ccc(C(F)(F)F)cc2)nc1Oc1cccc(C(F)(F)F)c1. The molecule has 3 rings (SSSR count). The molecule has 0 aliphatic carbocycles. The van der Waals surface area contributed by atoms with Crippen LogP contribution in [0.1, 0.15) is 11.1 Å². The summed E-state index contributed by atoms with van der Waals surface area (Å²) in [5, 5.41) is 0. The zero-order valence-electron chi connectivity index (χ0n) is 14.7. The van der Waals surface area contributed by atoms with Crippen molar-refractivity contribution in [3.05, 3.63) is 65.9 Å². The molecule has 0 radical (unpaired) electrons. The number of ether oxygens (including phenoxy) is 2. The highest BCUT2D eigenvalue weighted by Crippen LogP contribution is 2.35. The summed E-state index contributed by atoms with van der Waals surface area (Å²) in [5.41, 5.74) is -1.49. The summed E-state index contributed by atoms with van der Waals surface area (Å²) in [6.07, 6.45) is -7.83. The third kappa shape index (κ3) is 4.76. The standard InChI is InChI=1S/C19H12F6N2O2/c1-28-15-10-26-16(11-5-7-12(8-6-11)18(20,21)22)27-17(15)29-14-4-2-3-13(9-14)19(23,24)25/h2-10H,1H3. The van der Waals surface area contributed by atoms with Gasteiger partial charge in [-0.05, 0) is 30.3 Å². The van der Waals surface area contributed by atoms with Gasteiger partial charge in [-0.2, -0.15) is 31.3 Å². The number of benzene rings is 2. The molecule has 0 aliphatic heterocycles. The molecule has 0 bridgehead atoms. The Bertz CT molecular complexity index is 1000. The highest BCUT2D eigenvalue weighted by atomic mass is 19.4. The molecule has 0 amide bonds. The molecule has 1 aromatic heterocycles. The second-order valence-electron chi connectivity index (χ2n) is 5.77. The molecule has 1 heterocycles. The van der Waals surface area contributed by atoms with E-state index in [2.05, 4.69) is 9.97 Å².